The maximum atomic E-state index is 14.0. The molecule has 0 saturated carbocycles. The van der Waals surface area contributed by atoms with Crippen LogP contribution in [0.3, 0.4) is 0 Å². The number of amides is 3. The fourth-order valence-electron chi connectivity index (χ4n) is 4.07. The van der Waals surface area contributed by atoms with E-state index in [1.807, 2.05) is 71.9 Å². The Labute approximate surface area is 219 Å². The minimum Gasteiger partial charge on any atom is -0.444 e. The number of rotatable bonds is 6. The van der Waals surface area contributed by atoms with E-state index in [9.17, 15) is 14.4 Å². The van der Waals surface area contributed by atoms with Crippen LogP contribution >= 0.6 is 11.6 Å². The summed E-state index contributed by atoms with van der Waals surface area (Å²) in [7, 11) is 0. The van der Waals surface area contributed by atoms with Gasteiger partial charge in [0.2, 0.25) is 5.91 Å². The van der Waals surface area contributed by atoms with Crippen molar-refractivity contribution in [2.45, 2.75) is 79.5 Å². The molecule has 0 aromatic heterocycles. The Bertz CT molecular complexity index is 1090. The van der Waals surface area contributed by atoms with Crippen molar-refractivity contribution in [1.82, 2.24) is 10.2 Å². The fourth-order valence-corrected chi connectivity index (χ4v) is 4.34. The normalized spacial score (nSPS) is 12.5. The fraction of sp³-hybridized carbons (Fsp3) is 0.464. The number of carbonyl (C=O) groups is 3. The number of benzene rings is 2. The molecule has 36 heavy (non-hydrogen) atoms. The van der Waals surface area contributed by atoms with Gasteiger partial charge in [0.25, 0.3) is 5.91 Å². The van der Waals surface area contributed by atoms with Gasteiger partial charge in [-0.25, -0.2) is 4.79 Å². The molecule has 196 valence electrons. The van der Waals surface area contributed by atoms with Crippen molar-refractivity contribution in [1.29, 1.82) is 0 Å². The third kappa shape index (κ3) is 7.47. The van der Waals surface area contributed by atoms with Crippen LogP contribution in [0.2, 0.25) is 5.02 Å². The Morgan fingerprint density at radius 2 is 1.44 bits per heavy atom. The number of anilines is 1. The second kappa shape index (κ2) is 11.3. The minimum atomic E-state index is -0.977. The molecule has 2 aromatic rings. The van der Waals surface area contributed by atoms with Crippen LogP contribution in [0.5, 0.6) is 0 Å². The van der Waals surface area contributed by atoms with Gasteiger partial charge in [-0.1, -0.05) is 41.9 Å². The molecular formula is C28H38ClN3O4. The molecule has 0 aliphatic rings. The van der Waals surface area contributed by atoms with E-state index < -0.39 is 35.1 Å². The number of alkyl carbamates (subject to hydrolysis) is 1. The number of nitrogens with zero attached hydrogens (tertiary/aromatic N) is 1. The van der Waals surface area contributed by atoms with Crippen molar-refractivity contribution in [2.24, 2.45) is 0 Å². The summed E-state index contributed by atoms with van der Waals surface area (Å²) in [5.41, 5.74) is 2.29. The average molecular weight is 516 g/mol. The van der Waals surface area contributed by atoms with Crippen molar-refractivity contribution in [3.63, 3.8) is 0 Å². The Balaban J connectivity index is 2.54. The highest BCUT2D eigenvalue weighted by Gasteiger charge is 2.40. The molecule has 0 radical (unpaired) electrons. The molecule has 0 heterocycles. The van der Waals surface area contributed by atoms with E-state index >= 15 is 0 Å². The number of aryl methyl sites for hydroxylation is 3. The Kier molecular flexibility index (Phi) is 9.18. The van der Waals surface area contributed by atoms with Crippen LogP contribution < -0.4 is 10.6 Å². The van der Waals surface area contributed by atoms with Crippen molar-refractivity contribution in [2.75, 3.05) is 11.9 Å². The van der Waals surface area contributed by atoms with E-state index in [0.29, 0.717) is 10.7 Å². The quantitative estimate of drug-likeness (QED) is 0.486. The number of carbonyl (C=O) groups excluding carboxylic acids is 3. The first-order valence-electron chi connectivity index (χ1n) is 11.9. The van der Waals surface area contributed by atoms with Gasteiger partial charge >= 0.3 is 6.09 Å². The largest absolute Gasteiger partial charge is 0.444 e. The van der Waals surface area contributed by atoms with Crippen molar-refractivity contribution in [3.8, 4) is 0 Å². The summed E-state index contributed by atoms with van der Waals surface area (Å²) in [4.78, 5) is 41.4. The van der Waals surface area contributed by atoms with Gasteiger partial charge in [0, 0.05) is 5.54 Å². The number of ether oxygens (including phenoxy) is 1. The summed E-state index contributed by atoms with van der Waals surface area (Å²) in [5, 5.41) is 5.89. The first kappa shape index (κ1) is 29.2. The highest BCUT2D eigenvalue weighted by Crippen LogP contribution is 2.35. The molecule has 2 N–H and O–H groups in total. The predicted molar refractivity (Wildman–Crippen MR) is 144 cm³/mol. The van der Waals surface area contributed by atoms with Gasteiger partial charge in [-0.2, -0.15) is 0 Å². The number of hydrogen-bond acceptors (Lipinski definition) is 4. The molecule has 2 rings (SSSR count). The third-order valence-corrected chi connectivity index (χ3v) is 5.88. The minimum absolute atomic E-state index is 0.327. The summed E-state index contributed by atoms with van der Waals surface area (Å²) >= 11 is 6.40. The van der Waals surface area contributed by atoms with Crippen LogP contribution in [0.25, 0.3) is 0 Å². The third-order valence-electron chi connectivity index (χ3n) is 5.57. The lowest BCUT2D eigenvalue weighted by molar-refractivity contribution is -0.144. The molecule has 1 atom stereocenters. The van der Waals surface area contributed by atoms with Crippen molar-refractivity contribution >= 4 is 35.2 Å². The highest BCUT2D eigenvalue weighted by molar-refractivity contribution is 6.34. The first-order valence-corrected chi connectivity index (χ1v) is 12.3. The molecule has 0 aliphatic heterocycles. The van der Waals surface area contributed by atoms with E-state index in [2.05, 4.69) is 10.6 Å². The van der Waals surface area contributed by atoms with Crippen molar-refractivity contribution in [3.05, 3.63) is 63.7 Å². The molecule has 1 unspecified atom stereocenters. The Hall–Kier alpha value is -3.06. The van der Waals surface area contributed by atoms with Gasteiger partial charge < -0.3 is 20.3 Å². The zero-order valence-corrected chi connectivity index (χ0v) is 23.5. The lowest BCUT2D eigenvalue weighted by Gasteiger charge is -2.42. The van der Waals surface area contributed by atoms with Gasteiger partial charge in [0.15, 0.2) is 0 Å². The number of halogens is 1. The van der Waals surface area contributed by atoms with Gasteiger partial charge in [-0.05, 0) is 90.6 Å². The smallest absolute Gasteiger partial charge is 0.408 e. The standard InChI is InChI=1S/C28H38ClN3O4/c1-17-12-10-13-18(2)22(17)24(25(34)31-23-19(3)14-11-15-20(23)29)32(27(4,5)6)21(33)16-30-26(35)36-28(7,8)9/h10-15,24H,16H2,1-9H3,(H,30,35)(H,31,34). The number of para-hydroxylation sites is 1. The van der Waals surface area contributed by atoms with Gasteiger partial charge in [0.1, 0.15) is 18.2 Å². The monoisotopic (exact) mass is 515 g/mol. The highest BCUT2D eigenvalue weighted by atomic mass is 35.5. The predicted octanol–water partition coefficient (Wildman–Crippen LogP) is 6.10. The molecule has 0 saturated heterocycles. The number of hydrogen-bond donors (Lipinski definition) is 2. The molecule has 7 nitrogen and oxygen atoms in total. The van der Waals surface area contributed by atoms with E-state index in [0.717, 1.165) is 22.3 Å². The van der Waals surface area contributed by atoms with E-state index in [1.54, 1.807) is 26.8 Å². The molecule has 2 aromatic carbocycles. The van der Waals surface area contributed by atoms with Crippen LogP contribution in [-0.2, 0) is 14.3 Å². The Morgan fingerprint density at radius 3 is 1.94 bits per heavy atom. The van der Waals surface area contributed by atoms with E-state index in [4.69, 9.17) is 16.3 Å². The second-order valence-corrected chi connectivity index (χ2v) is 11.3. The maximum Gasteiger partial charge on any atom is 0.408 e. The second-order valence-electron chi connectivity index (χ2n) is 10.9. The summed E-state index contributed by atoms with van der Waals surface area (Å²) in [6.45, 7) is 16.1. The van der Waals surface area contributed by atoms with E-state index in [1.165, 1.54) is 4.90 Å². The topological polar surface area (TPSA) is 87.7 Å². The summed E-state index contributed by atoms with van der Waals surface area (Å²) in [5.74, 6) is -0.823. The van der Waals surface area contributed by atoms with Crippen molar-refractivity contribution < 1.29 is 19.1 Å². The van der Waals surface area contributed by atoms with E-state index in [-0.39, 0.29) is 6.54 Å². The summed E-state index contributed by atoms with van der Waals surface area (Å²) < 4.78 is 5.27. The van der Waals surface area contributed by atoms with Crippen LogP contribution in [0.1, 0.15) is 69.8 Å². The lowest BCUT2D eigenvalue weighted by Crippen LogP contribution is -2.54. The zero-order chi connectivity index (χ0) is 27.4. The molecule has 0 aliphatic carbocycles. The SMILES string of the molecule is Cc1cccc(Cl)c1NC(=O)C(c1c(C)cccc1C)N(C(=O)CNC(=O)OC(C)(C)C)C(C)(C)C. The summed E-state index contributed by atoms with van der Waals surface area (Å²) in [6.07, 6.45) is -0.704. The summed E-state index contributed by atoms with van der Waals surface area (Å²) in [6, 6.07) is 10.1. The molecular weight excluding hydrogens is 478 g/mol. The van der Waals surface area contributed by atoms with Gasteiger partial charge in [-0.15, -0.1) is 0 Å². The molecule has 8 heteroatoms. The molecule has 0 fully saturated rings. The van der Waals surface area contributed by atoms with Gasteiger partial charge in [0.05, 0.1) is 10.7 Å². The van der Waals surface area contributed by atoms with Crippen LogP contribution in [0.15, 0.2) is 36.4 Å². The Morgan fingerprint density at radius 1 is 0.917 bits per heavy atom. The lowest BCUT2D eigenvalue weighted by atomic mass is 9.90. The van der Waals surface area contributed by atoms with Crippen LogP contribution in [0, 0.1) is 20.8 Å². The number of nitrogens with one attached hydrogen (secondary N) is 2. The first-order chi connectivity index (χ1) is 16.5. The maximum absolute atomic E-state index is 14.0. The van der Waals surface area contributed by atoms with Crippen LogP contribution in [0.4, 0.5) is 10.5 Å². The molecule has 3 amide bonds. The molecule has 0 bridgehead atoms. The zero-order valence-electron chi connectivity index (χ0n) is 22.7. The molecule has 0 spiro atoms. The average Bonchev–Trinajstić information content (AvgIpc) is 2.71. The van der Waals surface area contributed by atoms with Crippen LogP contribution in [-0.4, -0.2) is 40.5 Å². The van der Waals surface area contributed by atoms with Gasteiger partial charge in [-0.3, -0.25) is 9.59 Å².